The lowest BCUT2D eigenvalue weighted by molar-refractivity contribution is -0.384. The molecule has 0 saturated heterocycles. The van der Waals surface area contributed by atoms with Crippen LogP contribution in [0, 0.1) is 22.0 Å². The molecule has 0 saturated carbocycles. The summed E-state index contributed by atoms with van der Waals surface area (Å²) >= 11 is 11.7. The van der Waals surface area contributed by atoms with Crippen LogP contribution < -0.4 is 5.32 Å². The van der Waals surface area contributed by atoms with E-state index in [0.717, 1.165) is 11.6 Å². The zero-order chi connectivity index (χ0) is 16.8. The molecule has 0 atom stereocenters. The number of non-ortho nitro benzene ring substituents is 1. The van der Waals surface area contributed by atoms with Gasteiger partial charge in [0.25, 0.3) is 11.6 Å². The quantitative estimate of drug-likeness (QED) is 0.522. The number of hydrogen-bond donors (Lipinski definition) is 1. The lowest BCUT2D eigenvalue weighted by Crippen LogP contribution is -2.24. The van der Waals surface area contributed by atoms with Gasteiger partial charge in [-0.05, 0) is 24.3 Å². The van der Waals surface area contributed by atoms with Crippen molar-refractivity contribution in [3.63, 3.8) is 0 Å². The van der Waals surface area contributed by atoms with E-state index in [0.29, 0.717) is 5.02 Å². The van der Waals surface area contributed by atoms with Crippen LogP contribution in [0.25, 0.3) is 0 Å². The van der Waals surface area contributed by atoms with Crippen molar-refractivity contribution in [3.05, 3.63) is 73.8 Å². The van der Waals surface area contributed by atoms with Crippen LogP contribution in [0.5, 0.6) is 0 Å². The maximum atomic E-state index is 12.0. The predicted molar refractivity (Wildman–Crippen MR) is 88.8 cm³/mol. The van der Waals surface area contributed by atoms with Crippen LogP contribution in [-0.2, 0) is 0 Å². The summed E-state index contributed by atoms with van der Waals surface area (Å²) in [4.78, 5) is 22.1. The van der Waals surface area contributed by atoms with Crippen molar-refractivity contribution in [1.29, 1.82) is 0 Å². The van der Waals surface area contributed by atoms with Crippen LogP contribution >= 0.6 is 23.2 Å². The lowest BCUT2D eigenvalue weighted by atomic mass is 10.2. The lowest BCUT2D eigenvalue weighted by Gasteiger charge is -2.03. The van der Waals surface area contributed by atoms with Gasteiger partial charge >= 0.3 is 0 Å². The third-order valence-corrected chi connectivity index (χ3v) is 3.36. The molecule has 0 aliphatic rings. The first kappa shape index (κ1) is 16.8. The van der Waals surface area contributed by atoms with E-state index < -0.39 is 10.8 Å². The molecule has 7 heteroatoms. The second kappa shape index (κ2) is 7.63. The number of benzene rings is 2. The highest BCUT2D eigenvalue weighted by molar-refractivity contribution is 6.34. The predicted octanol–water partition coefficient (Wildman–Crippen LogP) is 3.68. The summed E-state index contributed by atoms with van der Waals surface area (Å²) in [6.07, 6.45) is 0. The largest absolute Gasteiger partial charge is 0.341 e. The molecular formula is C16H10Cl2N2O3. The van der Waals surface area contributed by atoms with Gasteiger partial charge < -0.3 is 5.32 Å². The first-order valence-corrected chi connectivity index (χ1v) is 7.19. The molecule has 0 aliphatic carbocycles. The molecule has 0 fully saturated rings. The first-order valence-electron chi connectivity index (χ1n) is 6.44. The normalized spacial score (nSPS) is 9.65. The molecule has 2 aromatic rings. The van der Waals surface area contributed by atoms with E-state index in [4.69, 9.17) is 23.2 Å². The minimum Gasteiger partial charge on any atom is -0.341 e. The van der Waals surface area contributed by atoms with Crippen molar-refractivity contribution >= 4 is 34.8 Å². The molecule has 0 spiro atoms. The van der Waals surface area contributed by atoms with Gasteiger partial charge in [0.2, 0.25) is 0 Å². The maximum Gasteiger partial charge on any atom is 0.270 e. The third kappa shape index (κ3) is 4.71. The van der Waals surface area contributed by atoms with Crippen molar-refractivity contribution in [3.8, 4) is 11.8 Å². The Balaban J connectivity index is 2.03. The van der Waals surface area contributed by atoms with E-state index in [1.54, 1.807) is 24.3 Å². The fraction of sp³-hybridized carbons (Fsp3) is 0.0625. The van der Waals surface area contributed by atoms with Crippen LogP contribution in [0.15, 0.2) is 42.5 Å². The number of hydrogen-bond acceptors (Lipinski definition) is 3. The topological polar surface area (TPSA) is 72.2 Å². The molecule has 0 aliphatic heterocycles. The third-order valence-electron chi connectivity index (χ3n) is 2.80. The van der Waals surface area contributed by atoms with E-state index in [9.17, 15) is 14.9 Å². The molecule has 0 bridgehead atoms. The molecule has 116 valence electrons. The molecule has 0 heterocycles. The summed E-state index contributed by atoms with van der Waals surface area (Å²) in [6.45, 7) is 0.0738. The molecule has 0 radical (unpaired) electrons. The standard InChI is InChI=1S/C16H10Cl2N2O3/c17-12-5-1-3-11(9-12)4-2-8-19-16(21)14-10-13(20(22)23)6-7-15(14)18/h1,3,5-7,9-10H,8H2,(H,19,21). The van der Waals surface area contributed by atoms with Crippen molar-refractivity contribution in [2.45, 2.75) is 0 Å². The fourth-order valence-electron chi connectivity index (χ4n) is 1.73. The Hall–Kier alpha value is -2.55. The number of carbonyl (C=O) groups is 1. The Kier molecular flexibility index (Phi) is 5.58. The summed E-state index contributed by atoms with van der Waals surface area (Å²) < 4.78 is 0. The first-order chi connectivity index (χ1) is 11.0. The molecule has 23 heavy (non-hydrogen) atoms. The average molecular weight is 349 g/mol. The Labute approximate surface area is 142 Å². The number of rotatable bonds is 3. The summed E-state index contributed by atoms with van der Waals surface area (Å²) in [5.41, 5.74) is 0.551. The zero-order valence-corrected chi connectivity index (χ0v) is 13.2. The van der Waals surface area contributed by atoms with Crippen LogP contribution in [0.2, 0.25) is 10.0 Å². The van der Waals surface area contributed by atoms with Crippen molar-refractivity contribution < 1.29 is 9.72 Å². The fourth-order valence-corrected chi connectivity index (χ4v) is 2.13. The van der Waals surface area contributed by atoms with Crippen LogP contribution in [0.3, 0.4) is 0 Å². The van der Waals surface area contributed by atoms with Gasteiger partial charge in [0, 0.05) is 22.7 Å². The van der Waals surface area contributed by atoms with Crippen LogP contribution in [-0.4, -0.2) is 17.4 Å². The molecule has 1 amide bonds. The summed E-state index contributed by atoms with van der Waals surface area (Å²) in [7, 11) is 0. The number of halogens is 2. The van der Waals surface area contributed by atoms with Gasteiger partial charge in [-0.1, -0.05) is 41.1 Å². The smallest absolute Gasteiger partial charge is 0.270 e. The summed E-state index contributed by atoms with van der Waals surface area (Å²) in [6, 6.07) is 10.7. The van der Waals surface area contributed by atoms with E-state index in [1.165, 1.54) is 12.1 Å². The molecule has 5 nitrogen and oxygen atoms in total. The number of nitro groups is 1. The molecule has 2 aromatic carbocycles. The average Bonchev–Trinajstić information content (AvgIpc) is 2.51. The van der Waals surface area contributed by atoms with Crippen molar-refractivity contribution in [2.24, 2.45) is 0 Å². The molecule has 0 aromatic heterocycles. The molecule has 2 rings (SSSR count). The molecule has 0 unspecified atom stereocenters. The Morgan fingerprint density at radius 1 is 1.22 bits per heavy atom. The van der Waals surface area contributed by atoms with Crippen molar-refractivity contribution in [2.75, 3.05) is 6.54 Å². The van der Waals surface area contributed by atoms with Crippen LogP contribution in [0.4, 0.5) is 5.69 Å². The molecule has 1 N–H and O–H groups in total. The van der Waals surface area contributed by atoms with Gasteiger partial charge in [-0.25, -0.2) is 0 Å². The second-order valence-electron chi connectivity index (χ2n) is 4.42. The minimum atomic E-state index is -0.591. The maximum absolute atomic E-state index is 12.0. The van der Waals surface area contributed by atoms with Crippen molar-refractivity contribution in [1.82, 2.24) is 5.32 Å². The summed E-state index contributed by atoms with van der Waals surface area (Å²) in [5.74, 6) is 5.09. The number of amides is 1. The SMILES string of the molecule is O=C(NCC#Cc1cccc(Cl)c1)c1cc([N+](=O)[O-])ccc1Cl. The van der Waals surface area contributed by atoms with Crippen LogP contribution in [0.1, 0.15) is 15.9 Å². The molecular weight excluding hydrogens is 339 g/mol. The Bertz CT molecular complexity index is 826. The van der Waals surface area contributed by atoms with Gasteiger partial charge in [0.1, 0.15) is 0 Å². The number of nitrogens with zero attached hydrogens (tertiary/aromatic N) is 1. The van der Waals surface area contributed by atoms with Gasteiger partial charge in [0.15, 0.2) is 0 Å². The number of nitro benzene ring substituents is 1. The highest BCUT2D eigenvalue weighted by Gasteiger charge is 2.15. The van der Waals surface area contributed by atoms with E-state index in [2.05, 4.69) is 17.2 Å². The second-order valence-corrected chi connectivity index (χ2v) is 5.26. The Morgan fingerprint density at radius 3 is 2.70 bits per heavy atom. The minimum absolute atomic E-state index is 0.0328. The van der Waals surface area contributed by atoms with Gasteiger partial charge in [0.05, 0.1) is 22.1 Å². The number of nitrogens with one attached hydrogen (secondary N) is 1. The van der Waals surface area contributed by atoms with E-state index in [1.807, 2.05) is 0 Å². The Morgan fingerprint density at radius 2 is 2.00 bits per heavy atom. The number of carbonyl (C=O) groups excluding carboxylic acids is 1. The highest BCUT2D eigenvalue weighted by atomic mass is 35.5. The highest BCUT2D eigenvalue weighted by Crippen LogP contribution is 2.21. The van der Waals surface area contributed by atoms with E-state index in [-0.39, 0.29) is 22.8 Å². The van der Waals surface area contributed by atoms with Gasteiger partial charge in [-0.2, -0.15) is 0 Å². The zero-order valence-electron chi connectivity index (χ0n) is 11.7. The van der Waals surface area contributed by atoms with Gasteiger partial charge in [-0.3, -0.25) is 14.9 Å². The summed E-state index contributed by atoms with van der Waals surface area (Å²) in [5, 5.41) is 14.0. The monoisotopic (exact) mass is 348 g/mol. The van der Waals surface area contributed by atoms with Gasteiger partial charge in [-0.15, -0.1) is 0 Å². The van der Waals surface area contributed by atoms with E-state index >= 15 is 0 Å².